The molecule has 0 saturated heterocycles. The summed E-state index contributed by atoms with van der Waals surface area (Å²) in [6, 6.07) is 10.6. The van der Waals surface area contributed by atoms with Crippen molar-refractivity contribution >= 4 is 26.9 Å². The van der Waals surface area contributed by atoms with E-state index in [2.05, 4.69) is 5.32 Å². The highest BCUT2D eigenvalue weighted by atomic mass is 32.2. The van der Waals surface area contributed by atoms with Gasteiger partial charge < -0.3 is 9.73 Å². The van der Waals surface area contributed by atoms with Crippen molar-refractivity contribution in [3.8, 4) is 0 Å². The highest BCUT2D eigenvalue weighted by Crippen LogP contribution is 2.18. The summed E-state index contributed by atoms with van der Waals surface area (Å²) in [6.07, 6.45) is 0. The standard InChI is InChI=1S/C19H18N2O5S/c1-11-7-12(2)18-15(22)9-17(26-16(18)8-11)19(23)21-10-13-3-5-14(6-4-13)27(20,24)25/h3-9H,10H2,1-2H3,(H,21,23)(H2,20,24,25). The van der Waals surface area contributed by atoms with Crippen molar-refractivity contribution in [2.24, 2.45) is 5.14 Å². The first-order chi connectivity index (χ1) is 12.6. The average molecular weight is 386 g/mol. The first-order valence-corrected chi connectivity index (χ1v) is 9.65. The lowest BCUT2D eigenvalue weighted by Gasteiger charge is -2.08. The molecule has 0 radical (unpaired) electrons. The van der Waals surface area contributed by atoms with Gasteiger partial charge in [-0.1, -0.05) is 18.2 Å². The summed E-state index contributed by atoms with van der Waals surface area (Å²) in [5, 5.41) is 8.14. The first kappa shape index (κ1) is 18.8. The number of carbonyl (C=O) groups excluding carboxylic acids is 1. The van der Waals surface area contributed by atoms with Crippen LogP contribution in [0.5, 0.6) is 0 Å². The Morgan fingerprint density at radius 1 is 1.11 bits per heavy atom. The van der Waals surface area contributed by atoms with Crippen LogP contribution >= 0.6 is 0 Å². The van der Waals surface area contributed by atoms with Gasteiger partial charge >= 0.3 is 0 Å². The Morgan fingerprint density at radius 3 is 2.41 bits per heavy atom. The number of nitrogens with two attached hydrogens (primary N) is 1. The first-order valence-electron chi connectivity index (χ1n) is 8.10. The molecule has 0 aliphatic carbocycles. The Morgan fingerprint density at radius 2 is 1.78 bits per heavy atom. The predicted molar refractivity (Wildman–Crippen MR) is 101 cm³/mol. The van der Waals surface area contributed by atoms with Crippen LogP contribution in [0.4, 0.5) is 0 Å². The number of hydrogen-bond acceptors (Lipinski definition) is 5. The number of sulfonamides is 1. The van der Waals surface area contributed by atoms with Crippen molar-refractivity contribution in [2.45, 2.75) is 25.3 Å². The van der Waals surface area contributed by atoms with Crippen molar-refractivity contribution in [1.29, 1.82) is 0 Å². The summed E-state index contributed by atoms with van der Waals surface area (Å²) in [6.45, 7) is 3.83. The van der Waals surface area contributed by atoms with Crippen LogP contribution in [0.25, 0.3) is 11.0 Å². The van der Waals surface area contributed by atoms with E-state index in [1.54, 1.807) is 18.2 Å². The summed E-state index contributed by atoms with van der Waals surface area (Å²) in [7, 11) is -3.76. The molecule has 3 N–H and O–H groups in total. The topological polar surface area (TPSA) is 119 Å². The molecule has 1 aromatic heterocycles. The van der Waals surface area contributed by atoms with E-state index in [0.717, 1.165) is 11.1 Å². The Balaban J connectivity index is 1.81. The maximum atomic E-state index is 12.4. The van der Waals surface area contributed by atoms with E-state index in [0.29, 0.717) is 16.5 Å². The number of carbonyl (C=O) groups is 1. The fraction of sp³-hybridized carbons (Fsp3) is 0.158. The lowest BCUT2D eigenvalue weighted by molar-refractivity contribution is 0.0923. The monoisotopic (exact) mass is 386 g/mol. The van der Waals surface area contributed by atoms with E-state index in [1.807, 2.05) is 19.9 Å². The van der Waals surface area contributed by atoms with E-state index in [-0.39, 0.29) is 22.6 Å². The molecule has 7 nitrogen and oxygen atoms in total. The molecule has 3 rings (SSSR count). The largest absolute Gasteiger partial charge is 0.451 e. The third kappa shape index (κ3) is 4.07. The zero-order valence-electron chi connectivity index (χ0n) is 14.8. The Hall–Kier alpha value is -2.97. The molecule has 0 saturated carbocycles. The number of fused-ring (bicyclic) bond motifs is 1. The Kier molecular flexibility index (Phi) is 4.86. The molecule has 0 spiro atoms. The van der Waals surface area contributed by atoms with Crippen LogP contribution in [0, 0.1) is 13.8 Å². The second-order valence-corrected chi connectivity index (χ2v) is 7.86. The van der Waals surface area contributed by atoms with Crippen molar-refractivity contribution < 1.29 is 17.6 Å². The SMILES string of the molecule is Cc1cc(C)c2c(=O)cc(C(=O)NCc3ccc(S(N)(=O)=O)cc3)oc2c1. The number of amides is 1. The van der Waals surface area contributed by atoms with Crippen LogP contribution in [0.15, 0.2) is 56.6 Å². The summed E-state index contributed by atoms with van der Waals surface area (Å²) in [5.41, 5.74) is 2.47. The molecule has 8 heteroatoms. The molecule has 1 heterocycles. The lowest BCUT2D eigenvalue weighted by atomic mass is 10.1. The molecule has 0 aliphatic heterocycles. The maximum Gasteiger partial charge on any atom is 0.287 e. The van der Waals surface area contributed by atoms with Crippen molar-refractivity contribution in [3.05, 3.63) is 75.1 Å². The maximum absolute atomic E-state index is 12.4. The molecular weight excluding hydrogens is 368 g/mol. The molecular formula is C19H18N2O5S. The van der Waals surface area contributed by atoms with E-state index in [9.17, 15) is 18.0 Å². The normalized spacial score (nSPS) is 11.5. The summed E-state index contributed by atoms with van der Waals surface area (Å²) in [5.74, 6) is -0.623. The lowest BCUT2D eigenvalue weighted by Crippen LogP contribution is -2.24. The van der Waals surface area contributed by atoms with Gasteiger partial charge in [0.15, 0.2) is 11.2 Å². The van der Waals surface area contributed by atoms with Crippen molar-refractivity contribution in [1.82, 2.24) is 5.32 Å². The third-order valence-corrected chi connectivity index (χ3v) is 5.03. The van der Waals surface area contributed by atoms with E-state index in [1.165, 1.54) is 18.2 Å². The van der Waals surface area contributed by atoms with Crippen molar-refractivity contribution in [2.75, 3.05) is 0 Å². The minimum absolute atomic E-state index is 0.0103. The van der Waals surface area contributed by atoms with Crippen LogP contribution < -0.4 is 15.9 Å². The number of nitrogens with one attached hydrogen (secondary N) is 1. The molecule has 140 valence electrons. The van der Waals surface area contributed by atoms with Crippen LogP contribution in [0.1, 0.15) is 27.2 Å². The number of aryl methyl sites for hydroxylation is 2. The van der Waals surface area contributed by atoms with Gasteiger partial charge in [0, 0.05) is 12.6 Å². The number of hydrogen-bond donors (Lipinski definition) is 2. The van der Waals surface area contributed by atoms with Gasteiger partial charge in [0.05, 0.1) is 10.3 Å². The molecule has 3 aromatic rings. The zero-order valence-corrected chi connectivity index (χ0v) is 15.6. The van der Waals surface area contributed by atoms with E-state index >= 15 is 0 Å². The molecule has 1 amide bonds. The van der Waals surface area contributed by atoms with Crippen LogP contribution in [-0.2, 0) is 16.6 Å². The second kappa shape index (κ2) is 6.98. The van der Waals surface area contributed by atoms with E-state index in [4.69, 9.17) is 9.56 Å². The number of rotatable bonds is 4. The Labute approximate surface area is 155 Å². The zero-order chi connectivity index (χ0) is 19.8. The molecule has 0 unspecified atom stereocenters. The molecule has 0 atom stereocenters. The summed E-state index contributed by atoms with van der Waals surface area (Å²) < 4.78 is 28.1. The minimum atomic E-state index is -3.76. The van der Waals surface area contributed by atoms with Gasteiger partial charge in [-0.05, 0) is 48.7 Å². The van der Waals surface area contributed by atoms with Crippen LogP contribution in [0.2, 0.25) is 0 Å². The van der Waals surface area contributed by atoms with Gasteiger partial charge in [-0.2, -0.15) is 0 Å². The van der Waals surface area contributed by atoms with Gasteiger partial charge in [0.1, 0.15) is 5.58 Å². The quantitative estimate of drug-likeness (QED) is 0.710. The summed E-state index contributed by atoms with van der Waals surface area (Å²) >= 11 is 0. The molecule has 0 aliphatic rings. The van der Waals surface area contributed by atoms with Crippen LogP contribution in [0.3, 0.4) is 0 Å². The second-order valence-electron chi connectivity index (χ2n) is 6.30. The van der Waals surface area contributed by atoms with Gasteiger partial charge in [-0.25, -0.2) is 13.6 Å². The molecule has 27 heavy (non-hydrogen) atoms. The average Bonchev–Trinajstić information content (AvgIpc) is 2.58. The smallest absolute Gasteiger partial charge is 0.287 e. The van der Waals surface area contributed by atoms with Gasteiger partial charge in [-0.3, -0.25) is 9.59 Å². The van der Waals surface area contributed by atoms with Gasteiger partial charge in [-0.15, -0.1) is 0 Å². The molecule has 0 fully saturated rings. The highest BCUT2D eigenvalue weighted by Gasteiger charge is 2.14. The third-order valence-electron chi connectivity index (χ3n) is 4.10. The van der Waals surface area contributed by atoms with Crippen LogP contribution in [-0.4, -0.2) is 14.3 Å². The predicted octanol–water partition coefficient (Wildman–Crippen LogP) is 1.99. The number of benzene rings is 2. The van der Waals surface area contributed by atoms with Crippen molar-refractivity contribution in [3.63, 3.8) is 0 Å². The fourth-order valence-corrected chi connectivity index (χ4v) is 3.36. The van der Waals surface area contributed by atoms with Gasteiger partial charge in [0.2, 0.25) is 10.0 Å². The minimum Gasteiger partial charge on any atom is -0.451 e. The Bertz CT molecular complexity index is 1200. The molecule has 2 aromatic carbocycles. The fourth-order valence-electron chi connectivity index (χ4n) is 2.84. The van der Waals surface area contributed by atoms with Gasteiger partial charge in [0.25, 0.3) is 5.91 Å². The van der Waals surface area contributed by atoms with E-state index < -0.39 is 15.9 Å². The molecule has 0 bridgehead atoms. The highest BCUT2D eigenvalue weighted by molar-refractivity contribution is 7.89. The number of primary sulfonamides is 1. The summed E-state index contributed by atoms with van der Waals surface area (Å²) in [4.78, 5) is 24.7.